The SMILES string of the molecule is CCC1CN(c2cccc(O)c2C(=O)C(C)c2ccc(Cl)cn2)CCN1Cc1nc2c(Cl)cc(C(=O)OC)cc2n1Cc1nccn1CC. The number of phenolic OH excluding ortho intramolecular Hbond substituents is 1. The molecule has 2 aromatic carbocycles. The maximum atomic E-state index is 13.9. The smallest absolute Gasteiger partial charge is 0.337 e. The number of aromatic hydroxyl groups is 1. The van der Waals surface area contributed by atoms with Gasteiger partial charge in [0.1, 0.15) is 22.9 Å². The summed E-state index contributed by atoms with van der Waals surface area (Å²) >= 11 is 12.7. The molecule has 13 heteroatoms. The third kappa shape index (κ3) is 6.88. The maximum absolute atomic E-state index is 13.9. The summed E-state index contributed by atoms with van der Waals surface area (Å²) in [5.41, 5.74) is 3.27. The second kappa shape index (κ2) is 14.6. The number of aryl methyl sites for hydroxylation is 1. The van der Waals surface area contributed by atoms with E-state index in [1.807, 2.05) is 12.3 Å². The van der Waals surface area contributed by atoms with E-state index in [0.29, 0.717) is 70.8 Å². The number of pyridine rings is 1. The number of carbonyl (C=O) groups is 2. The van der Waals surface area contributed by atoms with Crippen LogP contribution in [-0.2, 0) is 24.4 Å². The summed E-state index contributed by atoms with van der Waals surface area (Å²) in [5, 5.41) is 11.8. The number of ketones is 1. The zero-order valence-corrected chi connectivity index (χ0v) is 29.4. The van der Waals surface area contributed by atoms with Gasteiger partial charge in [0.25, 0.3) is 0 Å². The predicted octanol–water partition coefficient (Wildman–Crippen LogP) is 6.58. The number of ether oxygens (including phenoxy) is 1. The normalized spacial score (nSPS) is 15.9. The van der Waals surface area contributed by atoms with Gasteiger partial charge in [-0.15, -0.1) is 0 Å². The predicted molar refractivity (Wildman–Crippen MR) is 190 cm³/mol. The van der Waals surface area contributed by atoms with Crippen LogP contribution in [0.5, 0.6) is 5.75 Å². The minimum Gasteiger partial charge on any atom is -0.507 e. The molecule has 0 radical (unpaired) electrons. The van der Waals surface area contributed by atoms with Gasteiger partial charge in [-0.3, -0.25) is 14.7 Å². The number of halogens is 2. The molecule has 0 amide bonds. The molecule has 5 aromatic rings. The van der Waals surface area contributed by atoms with E-state index in [9.17, 15) is 14.7 Å². The lowest BCUT2D eigenvalue weighted by molar-refractivity contribution is 0.0600. The molecule has 11 nitrogen and oxygen atoms in total. The first-order valence-electron chi connectivity index (χ1n) is 16.4. The number of benzene rings is 2. The average Bonchev–Trinajstić information content (AvgIpc) is 3.71. The standard InChI is InChI=1S/C36H39Cl2N7O4/c1-5-25-19-44(28-8-7-9-30(46)33(28)35(47)22(3)27-11-10-24(37)18-40-27)15-14-43(25)20-32-41-34-26(38)16-23(36(48)49-4)17-29(34)45(32)21-31-39-12-13-42(31)6-2/h7-13,16-18,22,25,46H,5-6,14-15,19-21H2,1-4H3. The summed E-state index contributed by atoms with van der Waals surface area (Å²) in [5.74, 6) is 0.355. The van der Waals surface area contributed by atoms with E-state index in [4.69, 9.17) is 32.9 Å². The highest BCUT2D eigenvalue weighted by atomic mass is 35.5. The van der Waals surface area contributed by atoms with Crippen LogP contribution in [0.4, 0.5) is 5.69 Å². The molecule has 1 fully saturated rings. The Morgan fingerprint density at radius 1 is 1.06 bits per heavy atom. The number of imidazole rings is 2. The number of esters is 1. The first kappa shape index (κ1) is 34.4. The van der Waals surface area contributed by atoms with Crippen molar-refractivity contribution in [3.8, 4) is 5.75 Å². The van der Waals surface area contributed by atoms with Crippen molar-refractivity contribution >= 4 is 51.7 Å². The average molecular weight is 705 g/mol. The van der Waals surface area contributed by atoms with Crippen molar-refractivity contribution in [3.05, 3.63) is 99.6 Å². The van der Waals surface area contributed by atoms with E-state index in [2.05, 4.69) is 42.7 Å². The number of Topliss-reactive ketones (excluding diaryl/α,β-unsaturated/α-hetero) is 1. The van der Waals surface area contributed by atoms with Crippen molar-refractivity contribution in [3.63, 3.8) is 0 Å². The molecule has 0 bridgehead atoms. The molecule has 2 atom stereocenters. The van der Waals surface area contributed by atoms with Crippen LogP contribution in [0, 0.1) is 0 Å². The number of carbonyl (C=O) groups excluding carboxylic acids is 2. The molecule has 0 spiro atoms. The number of aromatic nitrogens is 5. The fourth-order valence-corrected chi connectivity index (χ4v) is 6.98. The fourth-order valence-electron chi connectivity index (χ4n) is 6.61. The van der Waals surface area contributed by atoms with Gasteiger partial charge in [-0.25, -0.2) is 14.8 Å². The lowest BCUT2D eigenvalue weighted by atomic mass is 9.93. The molecule has 2 unspecified atom stereocenters. The summed E-state index contributed by atoms with van der Waals surface area (Å²) in [6.07, 6.45) is 6.09. The topological polar surface area (TPSA) is 119 Å². The van der Waals surface area contributed by atoms with Crippen LogP contribution >= 0.6 is 23.2 Å². The van der Waals surface area contributed by atoms with Crippen molar-refractivity contribution in [2.45, 2.75) is 58.8 Å². The van der Waals surface area contributed by atoms with E-state index >= 15 is 0 Å². The zero-order chi connectivity index (χ0) is 34.8. The Morgan fingerprint density at radius 2 is 1.88 bits per heavy atom. The molecule has 4 heterocycles. The van der Waals surface area contributed by atoms with Crippen LogP contribution in [0.1, 0.15) is 71.2 Å². The summed E-state index contributed by atoms with van der Waals surface area (Å²) in [4.78, 5) is 44.9. The Hall–Kier alpha value is -4.45. The Kier molecular flexibility index (Phi) is 10.2. The first-order chi connectivity index (χ1) is 23.6. The molecule has 49 heavy (non-hydrogen) atoms. The monoisotopic (exact) mass is 703 g/mol. The highest BCUT2D eigenvalue weighted by Crippen LogP contribution is 2.35. The quantitative estimate of drug-likeness (QED) is 0.120. The number of hydrogen-bond donors (Lipinski definition) is 1. The Bertz CT molecular complexity index is 1990. The highest BCUT2D eigenvalue weighted by molar-refractivity contribution is 6.35. The molecule has 1 aliphatic heterocycles. The summed E-state index contributed by atoms with van der Waals surface area (Å²) < 4.78 is 9.15. The van der Waals surface area contributed by atoms with E-state index in [1.54, 1.807) is 49.5 Å². The summed E-state index contributed by atoms with van der Waals surface area (Å²) in [7, 11) is 1.35. The number of hydrogen-bond acceptors (Lipinski definition) is 9. The van der Waals surface area contributed by atoms with Gasteiger partial charge in [0, 0.05) is 50.8 Å². The number of piperazine rings is 1. The molecule has 1 N–H and O–H groups in total. The third-order valence-corrected chi connectivity index (χ3v) is 9.88. The van der Waals surface area contributed by atoms with E-state index < -0.39 is 11.9 Å². The van der Waals surface area contributed by atoms with Crippen LogP contribution in [0.2, 0.25) is 10.0 Å². The third-order valence-electron chi connectivity index (χ3n) is 9.36. The van der Waals surface area contributed by atoms with Crippen LogP contribution in [0.15, 0.2) is 61.1 Å². The molecule has 1 aliphatic rings. The van der Waals surface area contributed by atoms with Gasteiger partial charge in [0.05, 0.1) is 64.2 Å². The molecular formula is C36H39Cl2N7O4. The van der Waals surface area contributed by atoms with Gasteiger partial charge < -0.3 is 23.9 Å². The van der Waals surface area contributed by atoms with Crippen molar-refractivity contribution in [2.24, 2.45) is 0 Å². The molecule has 0 saturated carbocycles. The van der Waals surface area contributed by atoms with E-state index in [-0.39, 0.29) is 17.6 Å². The van der Waals surface area contributed by atoms with Crippen molar-refractivity contribution < 1.29 is 19.4 Å². The molecule has 0 aliphatic carbocycles. The van der Waals surface area contributed by atoms with E-state index in [0.717, 1.165) is 30.1 Å². The molecule has 1 saturated heterocycles. The van der Waals surface area contributed by atoms with Crippen LogP contribution in [0.3, 0.4) is 0 Å². The van der Waals surface area contributed by atoms with Gasteiger partial charge >= 0.3 is 5.97 Å². The number of phenols is 1. The first-order valence-corrected chi connectivity index (χ1v) is 17.1. The lowest BCUT2D eigenvalue weighted by Crippen LogP contribution is -2.53. The van der Waals surface area contributed by atoms with Crippen LogP contribution in [0.25, 0.3) is 11.0 Å². The maximum Gasteiger partial charge on any atom is 0.337 e. The lowest BCUT2D eigenvalue weighted by Gasteiger charge is -2.42. The number of nitrogens with zero attached hydrogens (tertiary/aromatic N) is 7. The molecule has 256 valence electrons. The number of methoxy groups -OCH3 is 1. The summed E-state index contributed by atoms with van der Waals surface area (Å²) in [6, 6.07) is 12.2. The molecular weight excluding hydrogens is 665 g/mol. The second-order valence-electron chi connectivity index (χ2n) is 12.2. The van der Waals surface area contributed by atoms with Crippen molar-refractivity contribution in [2.75, 3.05) is 31.6 Å². The van der Waals surface area contributed by atoms with E-state index in [1.165, 1.54) is 13.3 Å². The van der Waals surface area contributed by atoms with Crippen molar-refractivity contribution in [1.29, 1.82) is 0 Å². The number of rotatable bonds is 11. The van der Waals surface area contributed by atoms with Gasteiger partial charge in [-0.05, 0) is 56.7 Å². The highest BCUT2D eigenvalue weighted by Gasteiger charge is 2.32. The van der Waals surface area contributed by atoms with Crippen molar-refractivity contribution in [1.82, 2.24) is 29.0 Å². The summed E-state index contributed by atoms with van der Waals surface area (Å²) in [6.45, 7) is 9.69. The van der Waals surface area contributed by atoms with Gasteiger partial charge in [0.2, 0.25) is 0 Å². The van der Waals surface area contributed by atoms with Gasteiger partial charge in [-0.1, -0.05) is 36.2 Å². The molecule has 3 aromatic heterocycles. The minimum absolute atomic E-state index is 0.0545. The Morgan fingerprint density at radius 3 is 2.59 bits per heavy atom. The second-order valence-corrected chi connectivity index (χ2v) is 13.0. The van der Waals surface area contributed by atoms with Crippen LogP contribution in [-0.4, -0.2) is 78.6 Å². The molecule has 6 rings (SSSR count). The van der Waals surface area contributed by atoms with Gasteiger partial charge in [-0.2, -0.15) is 0 Å². The zero-order valence-electron chi connectivity index (χ0n) is 27.9. The fraction of sp³-hybridized carbons (Fsp3) is 0.361. The largest absolute Gasteiger partial charge is 0.507 e. The minimum atomic E-state index is -0.574. The van der Waals surface area contributed by atoms with Gasteiger partial charge in [0.15, 0.2) is 5.78 Å². The number of anilines is 1. The van der Waals surface area contributed by atoms with Crippen LogP contribution < -0.4 is 4.90 Å². The Labute approximate surface area is 295 Å². The number of fused-ring (bicyclic) bond motifs is 1. The Balaban J connectivity index is 1.30.